The summed E-state index contributed by atoms with van der Waals surface area (Å²) in [5.41, 5.74) is 1.59. The molecule has 1 N–H and O–H groups in total. The molecule has 0 amide bonds. The van der Waals surface area contributed by atoms with Crippen molar-refractivity contribution in [2.24, 2.45) is 0 Å². The highest BCUT2D eigenvalue weighted by Crippen LogP contribution is 2.41. The highest BCUT2D eigenvalue weighted by atomic mass is 35.5. The molecule has 0 spiro atoms. The third-order valence-electron chi connectivity index (χ3n) is 3.47. The Bertz CT molecular complexity index is 670. The summed E-state index contributed by atoms with van der Waals surface area (Å²) in [6.07, 6.45) is 0.885. The summed E-state index contributed by atoms with van der Waals surface area (Å²) in [7, 11) is 0. The Hall–Kier alpha value is -1.58. The smallest absolute Gasteiger partial charge is 0.156 e. The van der Waals surface area contributed by atoms with Gasteiger partial charge in [0.25, 0.3) is 0 Å². The fraction of sp³-hybridized carbons (Fsp3) is 0.368. The van der Waals surface area contributed by atoms with Gasteiger partial charge in [0.1, 0.15) is 5.75 Å². The van der Waals surface area contributed by atoms with E-state index in [2.05, 4.69) is 25.7 Å². The molecule has 0 bridgehead atoms. The highest BCUT2D eigenvalue weighted by molar-refractivity contribution is 6.37. The number of phenols is 1. The van der Waals surface area contributed by atoms with Crippen LogP contribution in [-0.4, -0.2) is 17.3 Å². The molecule has 0 heterocycles. The van der Waals surface area contributed by atoms with Crippen LogP contribution in [0.5, 0.6) is 11.5 Å². The number of ether oxygens (including phenoxy) is 1. The lowest BCUT2D eigenvalue weighted by Crippen LogP contribution is -2.37. The Labute approximate surface area is 153 Å². The van der Waals surface area contributed by atoms with E-state index in [4.69, 9.17) is 27.9 Å². The van der Waals surface area contributed by atoms with Gasteiger partial charge in [0.15, 0.2) is 5.75 Å². The maximum Gasteiger partial charge on any atom is 0.156 e. The van der Waals surface area contributed by atoms with Crippen LogP contribution in [0.1, 0.15) is 34.1 Å². The first-order valence-electron chi connectivity index (χ1n) is 7.95. The van der Waals surface area contributed by atoms with E-state index in [1.165, 1.54) is 0 Å². The van der Waals surface area contributed by atoms with Gasteiger partial charge < -0.3 is 14.7 Å². The van der Waals surface area contributed by atoms with Crippen molar-refractivity contribution < 1.29 is 9.84 Å². The van der Waals surface area contributed by atoms with Crippen molar-refractivity contribution in [2.75, 3.05) is 11.5 Å². The number of rotatable bonds is 5. The lowest BCUT2D eigenvalue weighted by Gasteiger charge is -2.38. The van der Waals surface area contributed by atoms with Crippen LogP contribution in [0.4, 0.5) is 11.4 Å². The first-order valence-corrected chi connectivity index (χ1v) is 8.70. The van der Waals surface area contributed by atoms with Crippen molar-refractivity contribution in [1.82, 2.24) is 0 Å². The normalized spacial score (nSPS) is 11.4. The quantitative estimate of drug-likeness (QED) is 0.661. The summed E-state index contributed by atoms with van der Waals surface area (Å²) in [4.78, 5) is 2.12. The zero-order chi connectivity index (χ0) is 17.9. The number of halogens is 2. The van der Waals surface area contributed by atoms with E-state index in [1.807, 2.05) is 31.2 Å². The van der Waals surface area contributed by atoms with Crippen molar-refractivity contribution in [2.45, 2.75) is 39.7 Å². The number of phenolic OH excluding ortho intramolecular Hbond substituents is 1. The van der Waals surface area contributed by atoms with Gasteiger partial charge in [-0.2, -0.15) is 0 Å². The average Bonchev–Trinajstić information content (AvgIpc) is 2.47. The van der Waals surface area contributed by atoms with Crippen LogP contribution in [0.25, 0.3) is 0 Å². The fourth-order valence-electron chi connectivity index (χ4n) is 2.54. The molecule has 0 saturated carbocycles. The molecule has 0 aliphatic rings. The lowest BCUT2D eigenvalue weighted by molar-refractivity contribution is 0.318. The van der Waals surface area contributed by atoms with Crippen LogP contribution in [0.2, 0.25) is 10.0 Å². The molecule has 0 unspecified atom stereocenters. The molecule has 0 radical (unpaired) electrons. The van der Waals surface area contributed by atoms with Gasteiger partial charge in [-0.25, -0.2) is 0 Å². The molecule has 0 fully saturated rings. The van der Waals surface area contributed by atoms with E-state index >= 15 is 0 Å². The average molecular weight is 368 g/mol. The van der Waals surface area contributed by atoms with Crippen LogP contribution >= 0.6 is 23.2 Å². The third-order valence-corrected chi connectivity index (χ3v) is 4.03. The topological polar surface area (TPSA) is 32.7 Å². The first-order chi connectivity index (χ1) is 11.2. The van der Waals surface area contributed by atoms with E-state index in [0.29, 0.717) is 22.4 Å². The van der Waals surface area contributed by atoms with Crippen LogP contribution in [-0.2, 0) is 0 Å². The molecular formula is C19H23Cl2NO2. The van der Waals surface area contributed by atoms with E-state index in [-0.39, 0.29) is 11.3 Å². The summed E-state index contributed by atoms with van der Waals surface area (Å²) in [5, 5.41) is 10.5. The van der Waals surface area contributed by atoms with Gasteiger partial charge in [0.05, 0.1) is 16.7 Å². The summed E-state index contributed by atoms with van der Waals surface area (Å²) in [6.45, 7) is 8.90. The van der Waals surface area contributed by atoms with Crippen molar-refractivity contribution in [3.63, 3.8) is 0 Å². The minimum atomic E-state index is -0.213. The van der Waals surface area contributed by atoms with Gasteiger partial charge in [0.2, 0.25) is 0 Å². The number of nitrogens with zero attached hydrogens (tertiary/aromatic N) is 1. The molecule has 2 aromatic carbocycles. The van der Waals surface area contributed by atoms with Crippen molar-refractivity contribution in [1.29, 1.82) is 0 Å². The van der Waals surface area contributed by atoms with Crippen molar-refractivity contribution in [3.05, 3.63) is 46.4 Å². The number of anilines is 2. The van der Waals surface area contributed by atoms with Gasteiger partial charge in [-0.3, -0.25) is 0 Å². The van der Waals surface area contributed by atoms with E-state index in [9.17, 15) is 5.11 Å². The van der Waals surface area contributed by atoms with E-state index < -0.39 is 0 Å². The highest BCUT2D eigenvalue weighted by Gasteiger charge is 2.25. The number of aromatic hydroxyl groups is 1. The molecule has 3 nitrogen and oxygen atoms in total. The molecule has 130 valence electrons. The predicted octanol–water partition coefficient (Wildman–Crippen LogP) is 6.42. The molecule has 0 saturated heterocycles. The van der Waals surface area contributed by atoms with Gasteiger partial charge in [0, 0.05) is 16.9 Å². The largest absolute Gasteiger partial charge is 0.508 e. The number of hydrogen-bond acceptors (Lipinski definition) is 3. The Morgan fingerprint density at radius 2 is 1.54 bits per heavy atom. The second kappa shape index (κ2) is 7.54. The SMILES string of the molecule is CCCOc1c(Cl)cc(N(c2ccc(O)cc2)C(C)(C)C)cc1Cl. The second-order valence-electron chi connectivity index (χ2n) is 6.61. The maximum absolute atomic E-state index is 9.54. The summed E-state index contributed by atoms with van der Waals surface area (Å²) >= 11 is 12.8. The lowest BCUT2D eigenvalue weighted by atomic mass is 10.0. The van der Waals surface area contributed by atoms with Gasteiger partial charge in [-0.15, -0.1) is 0 Å². The monoisotopic (exact) mass is 367 g/mol. The first kappa shape index (κ1) is 18.8. The molecule has 24 heavy (non-hydrogen) atoms. The summed E-state index contributed by atoms with van der Waals surface area (Å²) in [6, 6.07) is 10.8. The zero-order valence-electron chi connectivity index (χ0n) is 14.4. The maximum atomic E-state index is 9.54. The van der Waals surface area contributed by atoms with Gasteiger partial charge >= 0.3 is 0 Å². The van der Waals surface area contributed by atoms with E-state index in [0.717, 1.165) is 17.8 Å². The van der Waals surface area contributed by atoms with Crippen LogP contribution in [0.15, 0.2) is 36.4 Å². The minimum absolute atomic E-state index is 0.213. The van der Waals surface area contributed by atoms with Crippen LogP contribution < -0.4 is 9.64 Å². The molecule has 0 aliphatic heterocycles. The Morgan fingerprint density at radius 3 is 2.00 bits per heavy atom. The Balaban J connectivity index is 2.49. The van der Waals surface area contributed by atoms with Gasteiger partial charge in [-0.1, -0.05) is 30.1 Å². The molecular weight excluding hydrogens is 345 g/mol. The van der Waals surface area contributed by atoms with Gasteiger partial charge in [-0.05, 0) is 63.6 Å². The molecule has 0 aromatic heterocycles. The van der Waals surface area contributed by atoms with Crippen molar-refractivity contribution in [3.8, 4) is 11.5 Å². The molecule has 0 atom stereocenters. The fourth-order valence-corrected chi connectivity index (χ4v) is 3.13. The summed E-state index contributed by atoms with van der Waals surface area (Å²) in [5.74, 6) is 0.746. The van der Waals surface area contributed by atoms with Crippen LogP contribution in [0.3, 0.4) is 0 Å². The Morgan fingerprint density at radius 1 is 1.00 bits per heavy atom. The van der Waals surface area contributed by atoms with E-state index in [1.54, 1.807) is 12.1 Å². The predicted molar refractivity (Wildman–Crippen MR) is 102 cm³/mol. The molecule has 5 heteroatoms. The minimum Gasteiger partial charge on any atom is -0.508 e. The zero-order valence-corrected chi connectivity index (χ0v) is 15.9. The Kier molecular flexibility index (Phi) is 5.89. The number of hydrogen-bond donors (Lipinski definition) is 1. The summed E-state index contributed by atoms with van der Waals surface area (Å²) < 4.78 is 5.64. The second-order valence-corrected chi connectivity index (χ2v) is 7.42. The molecule has 2 aromatic rings. The third kappa shape index (κ3) is 4.28. The van der Waals surface area contributed by atoms with Crippen molar-refractivity contribution >= 4 is 34.6 Å². The standard InChI is InChI=1S/C19H23Cl2NO2/c1-5-10-24-18-16(20)11-14(12-17(18)21)22(19(2,3)4)13-6-8-15(23)9-7-13/h6-9,11-12,23H,5,10H2,1-4H3. The van der Waals surface area contributed by atoms with Crippen LogP contribution in [0, 0.1) is 0 Å². The number of benzene rings is 2. The molecule has 0 aliphatic carbocycles. The molecule has 2 rings (SSSR count).